The minimum atomic E-state index is -2.78. The van der Waals surface area contributed by atoms with Gasteiger partial charge in [-0.2, -0.15) is 0 Å². The largest absolute Gasteiger partial charge is 0.333 e. The van der Waals surface area contributed by atoms with Gasteiger partial charge in [-0.25, -0.2) is 0 Å². The first-order valence-corrected chi connectivity index (χ1v) is 5.54. The molecule has 0 aromatic rings. The smallest absolute Gasteiger partial charge is 0.255 e. The van der Waals surface area contributed by atoms with Gasteiger partial charge in [-0.3, -0.25) is 0 Å². The van der Waals surface area contributed by atoms with E-state index in [0.717, 1.165) is 0 Å². The van der Waals surface area contributed by atoms with Crippen molar-refractivity contribution >= 4 is 7.94 Å². The molecule has 0 aliphatic carbocycles. The first-order chi connectivity index (χ1) is 5.22. The van der Waals surface area contributed by atoms with E-state index in [4.69, 9.17) is 9.05 Å². The van der Waals surface area contributed by atoms with Gasteiger partial charge in [0.15, 0.2) is 0 Å². The molecule has 0 atom stereocenters. The van der Waals surface area contributed by atoms with Crippen LogP contribution in [0.15, 0.2) is 12.4 Å². The molecule has 71 valence electrons. The van der Waals surface area contributed by atoms with Crippen molar-refractivity contribution in [2.45, 2.75) is 38.9 Å². The molecule has 0 aromatic carbocycles. The molecular formula is C8H16O3P. The molecule has 1 saturated heterocycles. The molecule has 1 heterocycles. The molecule has 0 aromatic heterocycles. The van der Waals surface area contributed by atoms with Crippen LogP contribution in [0, 0.1) is 0 Å². The Labute approximate surface area is 74.0 Å². The summed E-state index contributed by atoms with van der Waals surface area (Å²) in [5.74, 6) is 1.36. The molecule has 0 saturated carbocycles. The van der Waals surface area contributed by atoms with Crippen LogP contribution in [0.2, 0.25) is 0 Å². The second-order valence-electron chi connectivity index (χ2n) is 3.95. The molecule has 1 N–H and O–H groups in total. The maximum atomic E-state index is 9.72. The normalized spacial score (nSPS) is 30.1. The van der Waals surface area contributed by atoms with Crippen LogP contribution in [0.25, 0.3) is 0 Å². The summed E-state index contributed by atoms with van der Waals surface area (Å²) in [5, 5.41) is 0. The standard InChI is InChI=1S/C8H16O3P/c1-6-12(9)10-7(2,3)8(4,5)11-12/h6,9H,1H2,2-5H3. The van der Waals surface area contributed by atoms with Crippen molar-refractivity contribution in [3.05, 3.63) is 12.4 Å². The highest BCUT2D eigenvalue weighted by molar-refractivity contribution is 7.64. The predicted octanol–water partition coefficient (Wildman–Crippen LogP) is 2.49. The molecule has 1 rings (SSSR count). The zero-order valence-electron chi connectivity index (χ0n) is 8.00. The van der Waals surface area contributed by atoms with Crippen LogP contribution in [-0.2, 0) is 9.05 Å². The summed E-state index contributed by atoms with van der Waals surface area (Å²) in [6, 6.07) is 0. The molecule has 1 fully saturated rings. The van der Waals surface area contributed by atoms with Gasteiger partial charge in [0.2, 0.25) is 0 Å². The summed E-state index contributed by atoms with van der Waals surface area (Å²) in [7, 11) is -2.78. The third-order valence-corrected chi connectivity index (χ3v) is 4.30. The van der Waals surface area contributed by atoms with Gasteiger partial charge in [0, 0.05) is 5.82 Å². The Hall–Kier alpha value is 0.0500. The molecule has 1 radical (unpaired) electrons. The van der Waals surface area contributed by atoms with Gasteiger partial charge in [-0.1, -0.05) is 6.58 Å². The van der Waals surface area contributed by atoms with Crippen molar-refractivity contribution in [2.75, 3.05) is 0 Å². The molecule has 0 spiro atoms. The van der Waals surface area contributed by atoms with Crippen molar-refractivity contribution in [3.63, 3.8) is 0 Å². The summed E-state index contributed by atoms with van der Waals surface area (Å²) in [6.45, 7) is 11.1. The van der Waals surface area contributed by atoms with E-state index in [-0.39, 0.29) is 0 Å². The van der Waals surface area contributed by atoms with Crippen LogP contribution in [0.3, 0.4) is 0 Å². The van der Waals surface area contributed by atoms with Crippen LogP contribution < -0.4 is 0 Å². The van der Waals surface area contributed by atoms with E-state index in [1.165, 1.54) is 5.82 Å². The van der Waals surface area contributed by atoms with Gasteiger partial charge in [0.25, 0.3) is 7.94 Å². The van der Waals surface area contributed by atoms with Crippen LogP contribution in [0.4, 0.5) is 0 Å². The number of hydrogen-bond donors (Lipinski definition) is 1. The lowest BCUT2D eigenvalue weighted by molar-refractivity contribution is 0.00578. The van der Waals surface area contributed by atoms with Gasteiger partial charge >= 0.3 is 0 Å². The fourth-order valence-corrected chi connectivity index (χ4v) is 2.90. The molecular weight excluding hydrogens is 175 g/mol. The molecule has 1 aliphatic heterocycles. The minimum absolute atomic E-state index is 0.469. The van der Waals surface area contributed by atoms with E-state index in [1.54, 1.807) is 0 Å². The molecule has 1 aliphatic rings. The van der Waals surface area contributed by atoms with Crippen LogP contribution >= 0.6 is 7.94 Å². The van der Waals surface area contributed by atoms with E-state index in [9.17, 15) is 4.89 Å². The molecule has 4 heteroatoms. The van der Waals surface area contributed by atoms with Gasteiger partial charge in [-0.05, 0) is 27.7 Å². The van der Waals surface area contributed by atoms with Crippen molar-refractivity contribution in [1.29, 1.82) is 0 Å². The monoisotopic (exact) mass is 191 g/mol. The van der Waals surface area contributed by atoms with Crippen molar-refractivity contribution < 1.29 is 13.9 Å². The molecule has 0 amide bonds. The summed E-state index contributed by atoms with van der Waals surface area (Å²) in [5.41, 5.74) is -0.937. The van der Waals surface area contributed by atoms with Crippen molar-refractivity contribution in [1.82, 2.24) is 0 Å². The summed E-state index contributed by atoms with van der Waals surface area (Å²) in [6.07, 6.45) is 0. The Balaban J connectivity index is 2.95. The van der Waals surface area contributed by atoms with E-state index in [0.29, 0.717) is 0 Å². The quantitative estimate of drug-likeness (QED) is 0.647. The average Bonchev–Trinajstić information content (AvgIpc) is 1.99. The van der Waals surface area contributed by atoms with E-state index in [2.05, 4.69) is 6.58 Å². The second-order valence-corrected chi connectivity index (χ2v) is 5.81. The Bertz CT molecular complexity index is 194. The van der Waals surface area contributed by atoms with Gasteiger partial charge in [-0.15, -0.1) is 0 Å². The van der Waals surface area contributed by atoms with Crippen LogP contribution in [0.1, 0.15) is 27.7 Å². The zero-order chi connectivity index (χ0) is 9.62. The third-order valence-electron chi connectivity index (χ3n) is 2.40. The van der Waals surface area contributed by atoms with Crippen molar-refractivity contribution in [2.24, 2.45) is 0 Å². The van der Waals surface area contributed by atoms with E-state index < -0.39 is 19.1 Å². The fraction of sp³-hybridized carbons (Fsp3) is 0.750. The molecule has 3 nitrogen and oxygen atoms in total. The Kier molecular flexibility index (Phi) is 2.13. The van der Waals surface area contributed by atoms with E-state index in [1.807, 2.05) is 27.7 Å². The summed E-state index contributed by atoms with van der Waals surface area (Å²) < 4.78 is 10.9. The minimum Gasteiger partial charge on any atom is -0.333 e. The highest BCUT2D eigenvalue weighted by Gasteiger charge is 2.54. The van der Waals surface area contributed by atoms with Gasteiger partial charge < -0.3 is 13.9 Å². The number of hydrogen-bond acceptors (Lipinski definition) is 3. The lowest BCUT2D eigenvalue weighted by Crippen LogP contribution is -2.41. The molecule has 0 bridgehead atoms. The lowest BCUT2D eigenvalue weighted by atomic mass is 9.90. The van der Waals surface area contributed by atoms with Crippen LogP contribution in [-0.4, -0.2) is 16.1 Å². The zero-order valence-corrected chi connectivity index (χ0v) is 8.89. The first-order valence-electron chi connectivity index (χ1n) is 3.89. The van der Waals surface area contributed by atoms with Gasteiger partial charge in [0.05, 0.1) is 0 Å². The molecule has 12 heavy (non-hydrogen) atoms. The highest BCUT2D eigenvalue weighted by atomic mass is 31.2. The van der Waals surface area contributed by atoms with Gasteiger partial charge in [0.1, 0.15) is 11.2 Å². The summed E-state index contributed by atoms with van der Waals surface area (Å²) >= 11 is 0. The topological polar surface area (TPSA) is 38.7 Å². The fourth-order valence-electron chi connectivity index (χ4n) is 0.967. The SMILES string of the molecule is C=C[P]1(O)OC(C)(C)C(C)(C)O1. The maximum Gasteiger partial charge on any atom is 0.255 e. The maximum absolute atomic E-state index is 9.72. The second kappa shape index (κ2) is 2.52. The van der Waals surface area contributed by atoms with E-state index >= 15 is 0 Å². The summed E-state index contributed by atoms with van der Waals surface area (Å²) in [4.78, 5) is 9.72. The van der Waals surface area contributed by atoms with Crippen molar-refractivity contribution in [3.8, 4) is 0 Å². The highest BCUT2D eigenvalue weighted by Crippen LogP contribution is 2.70. The first kappa shape index (κ1) is 10.1. The Morgan fingerprint density at radius 2 is 1.50 bits per heavy atom. The number of rotatable bonds is 1. The lowest BCUT2D eigenvalue weighted by Gasteiger charge is -2.29. The average molecular weight is 191 g/mol. The predicted molar refractivity (Wildman–Crippen MR) is 49.7 cm³/mol. The molecule has 0 unspecified atom stereocenters. The third kappa shape index (κ3) is 1.42. The Morgan fingerprint density at radius 3 is 1.67 bits per heavy atom. The van der Waals surface area contributed by atoms with Crippen LogP contribution in [0.5, 0.6) is 0 Å². The Morgan fingerprint density at radius 1 is 1.17 bits per heavy atom.